The third kappa shape index (κ3) is 7.49. The van der Waals surface area contributed by atoms with Gasteiger partial charge in [-0.1, -0.05) is 11.8 Å². The summed E-state index contributed by atoms with van der Waals surface area (Å²) in [5.74, 6) is 0.0405. The first-order valence-electron chi connectivity index (χ1n) is 12.7. The van der Waals surface area contributed by atoms with Crippen molar-refractivity contribution in [2.75, 3.05) is 39.4 Å². The predicted molar refractivity (Wildman–Crippen MR) is 159 cm³/mol. The molecule has 2 amide bonds. The number of hydrogen-bond acceptors (Lipinski definition) is 9. The number of ether oxygens (including phenoxy) is 2. The highest BCUT2D eigenvalue weighted by Crippen LogP contribution is 2.32. The Kier molecular flexibility index (Phi) is 10.0. The Balaban J connectivity index is 1.57. The van der Waals surface area contributed by atoms with Gasteiger partial charge in [-0.05, 0) is 60.7 Å². The van der Waals surface area contributed by atoms with Gasteiger partial charge in [0.2, 0.25) is 15.9 Å². The molecule has 0 aliphatic carbocycles. The molecule has 0 fully saturated rings. The minimum atomic E-state index is -3.64. The largest absolute Gasteiger partial charge is 0.497 e. The van der Waals surface area contributed by atoms with Crippen molar-refractivity contribution in [1.82, 2.24) is 24.4 Å². The van der Waals surface area contributed by atoms with E-state index in [4.69, 9.17) is 9.47 Å². The Morgan fingerprint density at radius 2 is 1.67 bits per heavy atom. The molecule has 4 rings (SSSR count). The molecule has 3 aromatic carbocycles. The molecule has 0 aliphatic rings. The van der Waals surface area contributed by atoms with Gasteiger partial charge in [0.25, 0.3) is 5.91 Å². The normalized spacial score (nSPS) is 11.3. The summed E-state index contributed by atoms with van der Waals surface area (Å²) in [6.45, 7) is -0.0632. The van der Waals surface area contributed by atoms with Crippen LogP contribution in [0.5, 0.6) is 11.5 Å². The number of carbonyl (C=O) groups excluding carboxylic acids is 2. The van der Waals surface area contributed by atoms with Gasteiger partial charge in [-0.15, -0.1) is 10.2 Å². The van der Waals surface area contributed by atoms with Crippen LogP contribution in [-0.2, 0) is 21.4 Å². The molecule has 0 saturated heterocycles. The lowest BCUT2D eigenvalue weighted by molar-refractivity contribution is -0.113. The summed E-state index contributed by atoms with van der Waals surface area (Å²) in [5.41, 5.74) is 1.20. The number of aromatic nitrogens is 3. The van der Waals surface area contributed by atoms with Crippen LogP contribution in [0.2, 0.25) is 0 Å². The average molecular weight is 629 g/mol. The Hall–Kier alpha value is -4.47. The van der Waals surface area contributed by atoms with Crippen molar-refractivity contribution in [3.8, 4) is 17.2 Å². The van der Waals surface area contributed by atoms with Gasteiger partial charge in [-0.3, -0.25) is 14.2 Å². The molecule has 0 aliphatic heterocycles. The first kappa shape index (κ1) is 31.5. The quantitative estimate of drug-likeness (QED) is 0.226. The van der Waals surface area contributed by atoms with Crippen molar-refractivity contribution in [1.29, 1.82) is 0 Å². The Morgan fingerprint density at radius 1 is 0.977 bits per heavy atom. The molecular formula is C28H29FN6O6S2. The zero-order valence-electron chi connectivity index (χ0n) is 23.7. The van der Waals surface area contributed by atoms with Gasteiger partial charge in [0.1, 0.15) is 17.3 Å². The zero-order valence-corrected chi connectivity index (χ0v) is 25.3. The van der Waals surface area contributed by atoms with Crippen LogP contribution in [0.25, 0.3) is 5.69 Å². The molecule has 1 aromatic heterocycles. The van der Waals surface area contributed by atoms with Gasteiger partial charge in [0.15, 0.2) is 11.0 Å². The number of nitrogens with one attached hydrogen (secondary N) is 2. The number of thioether (sulfide) groups is 1. The van der Waals surface area contributed by atoms with Crippen LogP contribution in [0, 0.1) is 5.82 Å². The molecule has 43 heavy (non-hydrogen) atoms. The summed E-state index contributed by atoms with van der Waals surface area (Å²) in [5, 5.41) is 14.3. The maximum atomic E-state index is 13.2. The highest BCUT2D eigenvalue weighted by molar-refractivity contribution is 7.99. The van der Waals surface area contributed by atoms with Gasteiger partial charge in [-0.25, -0.2) is 17.1 Å². The summed E-state index contributed by atoms with van der Waals surface area (Å²) in [7, 11) is 2.23. The SMILES string of the molecule is COc1ccc(OC)c(-n2c(CNC(=O)c3ccc(S(=O)(=O)N(C)C)cc3)nnc2SCC(=O)Nc2ccc(F)cc2)c1. The number of halogens is 1. The molecule has 15 heteroatoms. The fourth-order valence-electron chi connectivity index (χ4n) is 3.83. The van der Waals surface area contributed by atoms with Crippen LogP contribution < -0.4 is 20.1 Å². The predicted octanol–water partition coefficient (Wildman–Crippen LogP) is 3.33. The number of anilines is 1. The van der Waals surface area contributed by atoms with Crippen LogP contribution >= 0.6 is 11.8 Å². The molecule has 12 nitrogen and oxygen atoms in total. The number of rotatable bonds is 12. The second-order valence-corrected chi connectivity index (χ2v) is 12.2. The molecule has 1 heterocycles. The van der Waals surface area contributed by atoms with Crippen LogP contribution in [0.15, 0.2) is 76.8 Å². The van der Waals surface area contributed by atoms with Gasteiger partial charge < -0.3 is 20.1 Å². The number of carbonyl (C=O) groups is 2. The van der Waals surface area contributed by atoms with E-state index in [1.807, 2.05) is 0 Å². The third-order valence-corrected chi connectivity index (χ3v) is 8.85. The second-order valence-electron chi connectivity index (χ2n) is 9.11. The number of sulfonamides is 1. The van der Waals surface area contributed by atoms with E-state index >= 15 is 0 Å². The minimum Gasteiger partial charge on any atom is -0.497 e. The van der Waals surface area contributed by atoms with E-state index in [0.29, 0.717) is 33.9 Å². The molecule has 226 valence electrons. The number of methoxy groups -OCH3 is 2. The van der Waals surface area contributed by atoms with E-state index in [2.05, 4.69) is 20.8 Å². The average Bonchev–Trinajstić information content (AvgIpc) is 3.42. The first-order chi connectivity index (χ1) is 20.5. The smallest absolute Gasteiger partial charge is 0.251 e. The van der Waals surface area contributed by atoms with E-state index in [1.165, 1.54) is 76.8 Å². The molecule has 4 aromatic rings. The summed E-state index contributed by atoms with van der Waals surface area (Å²) in [6, 6.07) is 16.1. The van der Waals surface area contributed by atoms with E-state index < -0.39 is 21.7 Å². The molecule has 0 bridgehead atoms. The molecule has 2 N–H and O–H groups in total. The lowest BCUT2D eigenvalue weighted by atomic mass is 10.2. The van der Waals surface area contributed by atoms with Crippen LogP contribution in [0.4, 0.5) is 10.1 Å². The third-order valence-electron chi connectivity index (χ3n) is 6.09. The van der Waals surface area contributed by atoms with Gasteiger partial charge in [0.05, 0.1) is 37.1 Å². The van der Waals surface area contributed by atoms with Crippen molar-refractivity contribution in [3.63, 3.8) is 0 Å². The van der Waals surface area contributed by atoms with E-state index in [0.717, 1.165) is 16.1 Å². The number of nitrogens with zero attached hydrogens (tertiary/aromatic N) is 4. The summed E-state index contributed by atoms with van der Waals surface area (Å²) < 4.78 is 51.6. The van der Waals surface area contributed by atoms with Crippen molar-refractivity contribution in [3.05, 3.63) is 83.9 Å². The topological polar surface area (TPSA) is 145 Å². The molecular weight excluding hydrogens is 599 g/mol. The molecule has 0 saturated carbocycles. The second kappa shape index (κ2) is 13.7. The first-order valence-corrected chi connectivity index (χ1v) is 15.1. The van der Waals surface area contributed by atoms with E-state index in [9.17, 15) is 22.4 Å². The number of hydrogen-bond donors (Lipinski definition) is 2. The number of benzene rings is 3. The molecule has 0 spiro atoms. The van der Waals surface area contributed by atoms with Gasteiger partial charge >= 0.3 is 0 Å². The van der Waals surface area contributed by atoms with Crippen molar-refractivity contribution < 1.29 is 31.9 Å². The van der Waals surface area contributed by atoms with E-state index in [1.54, 1.807) is 22.8 Å². The fourth-order valence-corrected chi connectivity index (χ4v) is 5.50. The van der Waals surface area contributed by atoms with Gasteiger partial charge in [0, 0.05) is 31.4 Å². The van der Waals surface area contributed by atoms with Crippen LogP contribution in [0.3, 0.4) is 0 Å². The zero-order chi connectivity index (χ0) is 31.1. The lowest BCUT2D eigenvalue weighted by Crippen LogP contribution is -2.25. The Labute approximate surface area is 252 Å². The standard InChI is InChI=1S/C28H29FN6O6S2/c1-34(2)43(38,39)22-12-5-18(6-13-22)27(37)30-16-25-32-33-28(35(25)23-15-21(40-3)11-14-24(23)41-4)42-17-26(36)31-20-9-7-19(29)8-10-20/h5-15H,16-17H2,1-4H3,(H,30,37)(H,31,36). The Bertz CT molecular complexity index is 1710. The summed E-state index contributed by atoms with van der Waals surface area (Å²) in [6.07, 6.45) is 0. The Morgan fingerprint density at radius 3 is 2.30 bits per heavy atom. The maximum Gasteiger partial charge on any atom is 0.251 e. The summed E-state index contributed by atoms with van der Waals surface area (Å²) in [4.78, 5) is 25.6. The molecule has 0 unspecified atom stereocenters. The minimum absolute atomic E-state index is 0.0453. The van der Waals surface area contributed by atoms with E-state index in [-0.39, 0.29) is 28.7 Å². The van der Waals surface area contributed by atoms with Crippen molar-refractivity contribution in [2.45, 2.75) is 16.6 Å². The highest BCUT2D eigenvalue weighted by atomic mass is 32.2. The molecule has 0 atom stereocenters. The lowest BCUT2D eigenvalue weighted by Gasteiger charge is -2.15. The van der Waals surface area contributed by atoms with Crippen molar-refractivity contribution >= 4 is 39.3 Å². The van der Waals surface area contributed by atoms with Gasteiger partial charge in [-0.2, -0.15) is 0 Å². The highest BCUT2D eigenvalue weighted by Gasteiger charge is 2.21. The van der Waals surface area contributed by atoms with Crippen LogP contribution in [0.1, 0.15) is 16.2 Å². The van der Waals surface area contributed by atoms with Crippen LogP contribution in [-0.4, -0.2) is 73.4 Å². The monoisotopic (exact) mass is 628 g/mol. The van der Waals surface area contributed by atoms with Crippen molar-refractivity contribution in [2.24, 2.45) is 0 Å². The maximum absolute atomic E-state index is 13.2. The molecule has 0 radical (unpaired) electrons. The fraction of sp³-hybridized carbons (Fsp3) is 0.214. The number of amides is 2. The summed E-state index contributed by atoms with van der Waals surface area (Å²) >= 11 is 1.10.